The second kappa shape index (κ2) is 5.69. The average molecular weight is 258 g/mol. The summed E-state index contributed by atoms with van der Waals surface area (Å²) >= 11 is 0. The molecule has 19 heavy (non-hydrogen) atoms. The standard InChI is InChI=1S/C15H18N2O2/c1-3-9-17-14(18)10-13(15(17)19)16-12-7-5-11(4-2)6-8-12/h3,5-8,13,16H,1,4,9-10H2,2H3/t13-/m0/s1. The highest BCUT2D eigenvalue weighted by Gasteiger charge is 2.37. The molecule has 0 aromatic heterocycles. The molecule has 1 atom stereocenters. The third kappa shape index (κ3) is 2.84. The van der Waals surface area contributed by atoms with Gasteiger partial charge in [-0.3, -0.25) is 14.5 Å². The zero-order valence-electron chi connectivity index (χ0n) is 11.1. The molecule has 0 aliphatic carbocycles. The van der Waals surface area contributed by atoms with Crippen LogP contribution in [0.15, 0.2) is 36.9 Å². The monoisotopic (exact) mass is 258 g/mol. The minimum atomic E-state index is -0.458. The molecule has 0 unspecified atom stereocenters. The van der Waals surface area contributed by atoms with Gasteiger partial charge in [-0.25, -0.2) is 0 Å². The highest BCUT2D eigenvalue weighted by Crippen LogP contribution is 2.18. The van der Waals surface area contributed by atoms with E-state index in [1.54, 1.807) is 6.08 Å². The number of benzene rings is 1. The first-order valence-electron chi connectivity index (χ1n) is 6.46. The normalized spacial score (nSPS) is 18.8. The van der Waals surface area contributed by atoms with Crippen LogP contribution in [0.2, 0.25) is 0 Å². The number of nitrogens with zero attached hydrogens (tertiary/aromatic N) is 1. The molecule has 0 radical (unpaired) electrons. The summed E-state index contributed by atoms with van der Waals surface area (Å²) in [5.74, 6) is -0.322. The molecule has 1 aromatic rings. The predicted molar refractivity (Wildman–Crippen MR) is 74.8 cm³/mol. The highest BCUT2D eigenvalue weighted by atomic mass is 16.2. The number of nitrogens with one attached hydrogen (secondary N) is 1. The molecule has 1 saturated heterocycles. The average Bonchev–Trinajstić information content (AvgIpc) is 2.68. The van der Waals surface area contributed by atoms with E-state index in [9.17, 15) is 9.59 Å². The molecular weight excluding hydrogens is 240 g/mol. The van der Waals surface area contributed by atoms with Gasteiger partial charge >= 0.3 is 0 Å². The third-order valence-electron chi connectivity index (χ3n) is 3.26. The highest BCUT2D eigenvalue weighted by molar-refractivity contribution is 6.06. The fraction of sp³-hybridized carbons (Fsp3) is 0.333. The van der Waals surface area contributed by atoms with Gasteiger partial charge in [-0.2, -0.15) is 0 Å². The molecule has 100 valence electrons. The van der Waals surface area contributed by atoms with Crippen LogP contribution in [0.1, 0.15) is 18.9 Å². The zero-order chi connectivity index (χ0) is 13.8. The van der Waals surface area contributed by atoms with E-state index < -0.39 is 6.04 Å². The molecule has 1 aliphatic rings. The summed E-state index contributed by atoms with van der Waals surface area (Å²) in [6.07, 6.45) is 2.75. The molecule has 0 saturated carbocycles. The fourth-order valence-corrected chi connectivity index (χ4v) is 2.15. The van der Waals surface area contributed by atoms with Crippen molar-refractivity contribution in [1.29, 1.82) is 0 Å². The van der Waals surface area contributed by atoms with E-state index in [0.29, 0.717) is 0 Å². The van der Waals surface area contributed by atoms with Gasteiger partial charge in [0.1, 0.15) is 6.04 Å². The first kappa shape index (κ1) is 13.3. The topological polar surface area (TPSA) is 49.4 Å². The van der Waals surface area contributed by atoms with E-state index in [2.05, 4.69) is 18.8 Å². The summed E-state index contributed by atoms with van der Waals surface area (Å²) in [7, 11) is 0. The number of anilines is 1. The lowest BCUT2D eigenvalue weighted by Gasteiger charge is -2.14. The number of carbonyl (C=O) groups excluding carboxylic acids is 2. The van der Waals surface area contributed by atoms with Crippen LogP contribution in [-0.4, -0.2) is 29.3 Å². The Kier molecular flexibility index (Phi) is 4.00. The Labute approximate surface area is 113 Å². The summed E-state index contributed by atoms with van der Waals surface area (Å²) in [5.41, 5.74) is 2.11. The number of amides is 2. The summed E-state index contributed by atoms with van der Waals surface area (Å²) in [6, 6.07) is 7.45. The lowest BCUT2D eigenvalue weighted by atomic mass is 10.1. The molecule has 1 N–H and O–H groups in total. The second-order valence-electron chi connectivity index (χ2n) is 4.58. The zero-order valence-corrected chi connectivity index (χ0v) is 11.1. The van der Waals surface area contributed by atoms with Gasteiger partial charge in [-0.05, 0) is 24.1 Å². The van der Waals surface area contributed by atoms with Crippen molar-refractivity contribution in [2.24, 2.45) is 0 Å². The van der Waals surface area contributed by atoms with Crippen LogP contribution in [0.3, 0.4) is 0 Å². The fourth-order valence-electron chi connectivity index (χ4n) is 2.15. The maximum absolute atomic E-state index is 12.0. The molecule has 4 heteroatoms. The van der Waals surface area contributed by atoms with Gasteiger partial charge in [-0.1, -0.05) is 25.1 Å². The molecule has 1 heterocycles. The molecule has 0 spiro atoms. The van der Waals surface area contributed by atoms with E-state index in [1.807, 2.05) is 24.3 Å². The van der Waals surface area contributed by atoms with E-state index in [1.165, 1.54) is 10.5 Å². The Balaban J connectivity index is 2.05. The smallest absolute Gasteiger partial charge is 0.252 e. The quantitative estimate of drug-likeness (QED) is 0.649. The molecule has 1 aliphatic heterocycles. The Morgan fingerprint density at radius 1 is 1.37 bits per heavy atom. The van der Waals surface area contributed by atoms with Gasteiger partial charge < -0.3 is 5.32 Å². The van der Waals surface area contributed by atoms with Crippen LogP contribution >= 0.6 is 0 Å². The molecule has 2 amide bonds. The first-order chi connectivity index (χ1) is 9.15. The maximum atomic E-state index is 12.0. The Hall–Kier alpha value is -2.10. The van der Waals surface area contributed by atoms with Crippen LogP contribution < -0.4 is 5.32 Å². The van der Waals surface area contributed by atoms with E-state index in [-0.39, 0.29) is 24.8 Å². The van der Waals surface area contributed by atoms with Crippen LogP contribution in [0.25, 0.3) is 0 Å². The summed E-state index contributed by atoms with van der Waals surface area (Å²) in [4.78, 5) is 25.0. The van der Waals surface area contributed by atoms with Gasteiger partial charge in [0.25, 0.3) is 5.91 Å². The Morgan fingerprint density at radius 2 is 2.05 bits per heavy atom. The minimum Gasteiger partial charge on any atom is -0.373 e. The summed E-state index contributed by atoms with van der Waals surface area (Å²) < 4.78 is 0. The lowest BCUT2D eigenvalue weighted by Crippen LogP contribution is -2.34. The predicted octanol–water partition coefficient (Wildman–Crippen LogP) is 1.97. The van der Waals surface area contributed by atoms with Crippen molar-refractivity contribution in [3.8, 4) is 0 Å². The first-order valence-corrected chi connectivity index (χ1v) is 6.46. The summed E-state index contributed by atoms with van der Waals surface area (Å²) in [6.45, 7) is 5.93. The van der Waals surface area contributed by atoms with Crippen molar-refractivity contribution in [1.82, 2.24) is 4.90 Å². The van der Waals surface area contributed by atoms with E-state index in [4.69, 9.17) is 0 Å². The molecule has 4 nitrogen and oxygen atoms in total. The van der Waals surface area contributed by atoms with Crippen LogP contribution in [0.4, 0.5) is 5.69 Å². The van der Waals surface area contributed by atoms with E-state index >= 15 is 0 Å². The summed E-state index contributed by atoms with van der Waals surface area (Å²) in [5, 5.41) is 3.11. The van der Waals surface area contributed by atoms with Crippen molar-refractivity contribution in [3.63, 3.8) is 0 Å². The van der Waals surface area contributed by atoms with Crippen LogP contribution in [0, 0.1) is 0 Å². The SMILES string of the molecule is C=CCN1C(=O)C[C@H](Nc2ccc(CC)cc2)C1=O. The van der Waals surface area contributed by atoms with Crippen molar-refractivity contribution in [2.45, 2.75) is 25.8 Å². The number of aryl methyl sites for hydroxylation is 1. The minimum absolute atomic E-state index is 0.146. The van der Waals surface area contributed by atoms with Crippen molar-refractivity contribution in [3.05, 3.63) is 42.5 Å². The number of hydrogen-bond donors (Lipinski definition) is 1. The van der Waals surface area contributed by atoms with Crippen LogP contribution in [-0.2, 0) is 16.0 Å². The van der Waals surface area contributed by atoms with E-state index in [0.717, 1.165) is 12.1 Å². The number of likely N-dealkylation sites (tertiary alicyclic amines) is 1. The molecule has 0 bridgehead atoms. The largest absolute Gasteiger partial charge is 0.373 e. The number of rotatable bonds is 5. The van der Waals surface area contributed by atoms with Crippen molar-refractivity contribution < 1.29 is 9.59 Å². The molecule has 2 rings (SSSR count). The second-order valence-corrected chi connectivity index (χ2v) is 4.58. The van der Waals surface area contributed by atoms with Gasteiger partial charge in [0, 0.05) is 12.2 Å². The van der Waals surface area contributed by atoms with Crippen molar-refractivity contribution in [2.75, 3.05) is 11.9 Å². The molecule has 1 fully saturated rings. The Bertz CT molecular complexity index is 493. The Morgan fingerprint density at radius 3 is 2.63 bits per heavy atom. The van der Waals surface area contributed by atoms with Crippen molar-refractivity contribution >= 4 is 17.5 Å². The number of carbonyl (C=O) groups is 2. The number of imide groups is 1. The molecule has 1 aromatic carbocycles. The van der Waals surface area contributed by atoms with Gasteiger partial charge in [-0.15, -0.1) is 6.58 Å². The van der Waals surface area contributed by atoms with Gasteiger partial charge in [0.05, 0.1) is 6.42 Å². The number of hydrogen-bond acceptors (Lipinski definition) is 3. The van der Waals surface area contributed by atoms with Gasteiger partial charge in [0.15, 0.2) is 0 Å². The van der Waals surface area contributed by atoms with Gasteiger partial charge in [0.2, 0.25) is 5.91 Å². The third-order valence-corrected chi connectivity index (χ3v) is 3.26. The lowest BCUT2D eigenvalue weighted by molar-refractivity contribution is -0.137. The maximum Gasteiger partial charge on any atom is 0.252 e. The molecular formula is C15H18N2O2. The van der Waals surface area contributed by atoms with Crippen LogP contribution in [0.5, 0.6) is 0 Å².